The van der Waals surface area contributed by atoms with Gasteiger partial charge in [-0.2, -0.15) is 0 Å². The van der Waals surface area contributed by atoms with Crippen LogP contribution in [0.5, 0.6) is 5.75 Å². The van der Waals surface area contributed by atoms with Crippen molar-refractivity contribution in [1.29, 1.82) is 0 Å². The molecule has 0 bridgehead atoms. The predicted molar refractivity (Wildman–Crippen MR) is 97.9 cm³/mol. The van der Waals surface area contributed by atoms with Crippen molar-refractivity contribution < 1.29 is 9.53 Å². The van der Waals surface area contributed by atoms with Gasteiger partial charge in [-0.25, -0.2) is 0 Å². The Hall–Kier alpha value is -1.78. The van der Waals surface area contributed by atoms with Crippen LogP contribution in [0.3, 0.4) is 0 Å². The number of carbonyl (C=O) groups excluding carboxylic acids is 1. The minimum Gasteiger partial charge on any atom is -0.493 e. The maximum absolute atomic E-state index is 12.3. The Morgan fingerprint density at radius 1 is 1.26 bits per heavy atom. The highest BCUT2D eigenvalue weighted by Gasteiger charge is 2.24. The number of fused-ring (bicyclic) bond motifs is 1. The average Bonchev–Trinajstić information content (AvgIpc) is 2.82. The van der Waals surface area contributed by atoms with Crippen LogP contribution in [0.1, 0.15) is 24.5 Å². The minimum atomic E-state index is -0.135. The molecule has 2 aromatic carbocycles. The van der Waals surface area contributed by atoms with Crippen molar-refractivity contribution >= 4 is 50.8 Å². The van der Waals surface area contributed by atoms with Gasteiger partial charge in [-0.15, -0.1) is 0 Å². The molecular weight excluding hydrogens is 378 g/mol. The quantitative estimate of drug-likeness (QED) is 0.709. The largest absolute Gasteiger partial charge is 0.493 e. The van der Waals surface area contributed by atoms with Crippen LogP contribution >= 0.6 is 27.5 Å². The van der Waals surface area contributed by atoms with Gasteiger partial charge < -0.3 is 10.1 Å². The van der Waals surface area contributed by atoms with Crippen LogP contribution in [0, 0.1) is 0 Å². The van der Waals surface area contributed by atoms with Crippen molar-refractivity contribution in [2.75, 3.05) is 11.9 Å². The van der Waals surface area contributed by atoms with E-state index < -0.39 is 0 Å². The molecule has 0 atom stereocenters. The number of amides is 1. The van der Waals surface area contributed by atoms with Crippen molar-refractivity contribution in [3.05, 3.63) is 57.0 Å². The summed E-state index contributed by atoms with van der Waals surface area (Å²) < 4.78 is 6.70. The molecule has 0 fully saturated rings. The van der Waals surface area contributed by atoms with Gasteiger partial charge in [0.1, 0.15) is 5.75 Å². The highest BCUT2D eigenvalue weighted by molar-refractivity contribution is 9.10. The number of anilines is 1. The molecule has 5 heteroatoms. The van der Waals surface area contributed by atoms with E-state index in [2.05, 4.69) is 28.2 Å². The third kappa shape index (κ3) is 3.43. The van der Waals surface area contributed by atoms with Crippen LogP contribution in [0.2, 0.25) is 5.02 Å². The van der Waals surface area contributed by atoms with Crippen LogP contribution in [0.15, 0.2) is 40.9 Å². The van der Waals surface area contributed by atoms with Gasteiger partial charge in [-0.05, 0) is 48.9 Å². The summed E-state index contributed by atoms with van der Waals surface area (Å²) in [5.41, 5.74) is 3.02. The number of halogens is 2. The second-order valence-corrected chi connectivity index (χ2v) is 6.58. The zero-order valence-corrected chi connectivity index (χ0v) is 14.9. The molecule has 0 saturated carbocycles. The molecule has 23 heavy (non-hydrogen) atoms. The van der Waals surface area contributed by atoms with E-state index in [-0.39, 0.29) is 5.91 Å². The Balaban J connectivity index is 2.07. The molecule has 1 amide bonds. The third-order valence-corrected chi connectivity index (χ3v) is 4.23. The fourth-order valence-electron chi connectivity index (χ4n) is 2.43. The maximum atomic E-state index is 12.3. The van der Waals surface area contributed by atoms with E-state index in [1.165, 1.54) is 0 Å². The molecule has 0 saturated heterocycles. The molecule has 0 unspecified atom stereocenters. The summed E-state index contributed by atoms with van der Waals surface area (Å²) in [5.74, 6) is 0.620. The SMILES string of the molecule is CCCOc1ccc(Br)cc1/C=C1/C(=O)Nc2ccc(Cl)cc21. The highest BCUT2D eigenvalue weighted by Crippen LogP contribution is 2.36. The Kier molecular flexibility index (Phi) is 4.74. The summed E-state index contributed by atoms with van der Waals surface area (Å²) in [7, 11) is 0. The zero-order valence-electron chi connectivity index (χ0n) is 12.5. The van der Waals surface area contributed by atoms with E-state index in [0.29, 0.717) is 17.2 Å². The first-order valence-electron chi connectivity index (χ1n) is 7.34. The first-order chi connectivity index (χ1) is 11.1. The molecule has 1 heterocycles. The van der Waals surface area contributed by atoms with Crippen molar-refractivity contribution in [3.8, 4) is 5.75 Å². The molecule has 1 N–H and O–H groups in total. The number of ether oxygens (including phenoxy) is 1. The van der Waals surface area contributed by atoms with E-state index in [4.69, 9.17) is 16.3 Å². The third-order valence-electron chi connectivity index (χ3n) is 3.50. The Labute approximate surface area is 148 Å². The summed E-state index contributed by atoms with van der Waals surface area (Å²) in [6, 6.07) is 11.1. The van der Waals surface area contributed by atoms with Crippen LogP contribution in [-0.2, 0) is 4.79 Å². The number of hydrogen-bond donors (Lipinski definition) is 1. The van der Waals surface area contributed by atoms with Gasteiger partial charge in [-0.1, -0.05) is 34.5 Å². The number of carbonyl (C=O) groups is 1. The molecule has 3 nitrogen and oxygen atoms in total. The minimum absolute atomic E-state index is 0.135. The normalized spacial score (nSPS) is 14.7. The summed E-state index contributed by atoms with van der Waals surface area (Å²) in [6.45, 7) is 2.69. The molecule has 0 aromatic heterocycles. The van der Waals surface area contributed by atoms with E-state index in [1.54, 1.807) is 12.1 Å². The molecule has 3 rings (SSSR count). The van der Waals surface area contributed by atoms with E-state index in [9.17, 15) is 4.79 Å². The molecule has 1 aliphatic rings. The maximum Gasteiger partial charge on any atom is 0.256 e. The zero-order chi connectivity index (χ0) is 16.4. The molecule has 1 aliphatic heterocycles. The van der Waals surface area contributed by atoms with Crippen LogP contribution in [0.25, 0.3) is 11.6 Å². The van der Waals surface area contributed by atoms with Crippen molar-refractivity contribution in [2.45, 2.75) is 13.3 Å². The van der Waals surface area contributed by atoms with Crippen molar-refractivity contribution in [1.82, 2.24) is 0 Å². The summed E-state index contributed by atoms with van der Waals surface area (Å²) in [5, 5.41) is 3.45. The summed E-state index contributed by atoms with van der Waals surface area (Å²) >= 11 is 9.53. The Bertz CT molecular complexity index is 802. The van der Waals surface area contributed by atoms with Crippen LogP contribution < -0.4 is 10.1 Å². The summed E-state index contributed by atoms with van der Waals surface area (Å²) in [4.78, 5) is 12.3. The van der Waals surface area contributed by atoms with Crippen LogP contribution in [0.4, 0.5) is 5.69 Å². The first-order valence-corrected chi connectivity index (χ1v) is 8.51. The lowest BCUT2D eigenvalue weighted by Gasteiger charge is -2.09. The van der Waals surface area contributed by atoms with Gasteiger partial charge in [0.15, 0.2) is 0 Å². The lowest BCUT2D eigenvalue weighted by Crippen LogP contribution is -2.04. The topological polar surface area (TPSA) is 38.3 Å². The highest BCUT2D eigenvalue weighted by atomic mass is 79.9. The average molecular weight is 393 g/mol. The monoisotopic (exact) mass is 391 g/mol. The number of rotatable bonds is 4. The molecule has 2 aromatic rings. The second kappa shape index (κ2) is 6.77. The second-order valence-electron chi connectivity index (χ2n) is 5.23. The lowest BCUT2D eigenvalue weighted by atomic mass is 10.0. The van der Waals surface area contributed by atoms with Gasteiger partial charge in [0.05, 0.1) is 6.61 Å². The van der Waals surface area contributed by atoms with E-state index >= 15 is 0 Å². The molecule has 118 valence electrons. The molecular formula is C18H15BrClNO2. The number of nitrogens with one attached hydrogen (secondary N) is 1. The fourth-order valence-corrected chi connectivity index (χ4v) is 2.99. The van der Waals surface area contributed by atoms with Gasteiger partial charge in [0.25, 0.3) is 5.91 Å². The van der Waals surface area contributed by atoms with Crippen molar-refractivity contribution in [2.24, 2.45) is 0 Å². The Morgan fingerprint density at radius 2 is 2.09 bits per heavy atom. The smallest absolute Gasteiger partial charge is 0.256 e. The summed E-state index contributed by atoms with van der Waals surface area (Å²) in [6.07, 6.45) is 2.76. The number of hydrogen-bond acceptors (Lipinski definition) is 2. The fraction of sp³-hybridized carbons (Fsp3) is 0.167. The van der Waals surface area contributed by atoms with Gasteiger partial charge >= 0.3 is 0 Å². The standard InChI is InChI=1S/C18H15BrClNO2/c1-2-7-23-17-6-3-12(19)8-11(17)9-15-14-10-13(20)4-5-16(14)21-18(15)22/h3-6,8-10H,2,7H2,1H3,(H,21,22)/b15-9+. The van der Waals surface area contributed by atoms with Crippen LogP contribution in [-0.4, -0.2) is 12.5 Å². The molecule has 0 radical (unpaired) electrons. The van der Waals surface area contributed by atoms with Crippen molar-refractivity contribution in [3.63, 3.8) is 0 Å². The van der Waals surface area contributed by atoms with Gasteiger partial charge in [-0.3, -0.25) is 4.79 Å². The molecule has 0 aliphatic carbocycles. The molecule has 0 spiro atoms. The number of benzene rings is 2. The lowest BCUT2D eigenvalue weighted by molar-refractivity contribution is -0.110. The predicted octanol–water partition coefficient (Wildman–Crippen LogP) is 5.38. The van der Waals surface area contributed by atoms with Gasteiger partial charge in [0.2, 0.25) is 0 Å². The van der Waals surface area contributed by atoms with E-state index in [1.807, 2.05) is 30.3 Å². The van der Waals surface area contributed by atoms with Gasteiger partial charge in [0, 0.05) is 31.9 Å². The first kappa shape index (κ1) is 16.1. The van der Waals surface area contributed by atoms with E-state index in [0.717, 1.165) is 33.5 Å². The Morgan fingerprint density at radius 3 is 2.87 bits per heavy atom.